The van der Waals surface area contributed by atoms with Crippen LogP contribution < -0.4 is 4.74 Å². The number of ether oxygens (including phenoxy) is 1. The van der Waals surface area contributed by atoms with Crippen LogP contribution in [0.2, 0.25) is 0 Å². The molecular weight excluding hydrogens is 376 g/mol. The van der Waals surface area contributed by atoms with Crippen LogP contribution in [-0.4, -0.2) is 5.78 Å². The Kier molecular flexibility index (Phi) is 5.34. The Balaban J connectivity index is 1.95. The van der Waals surface area contributed by atoms with Gasteiger partial charge in [0.15, 0.2) is 6.10 Å². The molecule has 0 aliphatic heterocycles. The Morgan fingerprint density at radius 2 is 1.32 bits per heavy atom. The summed E-state index contributed by atoms with van der Waals surface area (Å²) in [6, 6.07) is 23.0. The summed E-state index contributed by atoms with van der Waals surface area (Å²) >= 11 is 3.41. The van der Waals surface area contributed by atoms with Crippen molar-refractivity contribution in [1.82, 2.24) is 0 Å². The van der Waals surface area contributed by atoms with Crippen molar-refractivity contribution in [2.75, 3.05) is 0 Å². The number of carbonyl (C=O) groups is 1. The van der Waals surface area contributed by atoms with Crippen LogP contribution in [0.1, 0.15) is 33.2 Å². The minimum absolute atomic E-state index is 0.0493. The molecule has 0 fully saturated rings. The molecule has 0 saturated carbocycles. The monoisotopic (exact) mass is 394 g/mol. The molecule has 126 valence electrons. The van der Waals surface area contributed by atoms with Crippen molar-refractivity contribution in [1.29, 1.82) is 0 Å². The largest absolute Gasteiger partial charge is 0.478 e. The summed E-state index contributed by atoms with van der Waals surface area (Å²) < 4.78 is 7.04. The van der Waals surface area contributed by atoms with Crippen LogP contribution in [0.3, 0.4) is 0 Å². The highest BCUT2D eigenvalue weighted by Gasteiger charge is 2.24. The average molecular weight is 395 g/mol. The van der Waals surface area contributed by atoms with Crippen molar-refractivity contribution in [3.8, 4) is 5.75 Å². The lowest BCUT2D eigenvalue weighted by molar-refractivity contribution is 0.0792. The van der Waals surface area contributed by atoms with Gasteiger partial charge in [-0.2, -0.15) is 0 Å². The molecule has 0 aliphatic carbocycles. The number of Topliss-reactive ketones (excluding diaryl/α,β-unsaturated/α-hetero) is 1. The summed E-state index contributed by atoms with van der Waals surface area (Å²) in [4.78, 5) is 13.1. The molecule has 3 aromatic carbocycles. The maximum Gasteiger partial charge on any atom is 0.207 e. The van der Waals surface area contributed by atoms with Gasteiger partial charge in [0.2, 0.25) is 5.78 Å². The van der Waals surface area contributed by atoms with E-state index < -0.39 is 6.10 Å². The summed E-state index contributed by atoms with van der Waals surface area (Å²) in [7, 11) is 0. The Morgan fingerprint density at radius 3 is 1.88 bits per heavy atom. The average Bonchev–Trinajstić information content (AvgIpc) is 2.62. The van der Waals surface area contributed by atoms with Gasteiger partial charge in [0, 0.05) is 15.6 Å². The highest BCUT2D eigenvalue weighted by Crippen LogP contribution is 2.27. The second kappa shape index (κ2) is 7.66. The van der Waals surface area contributed by atoms with Crippen LogP contribution in [0.15, 0.2) is 77.3 Å². The van der Waals surface area contributed by atoms with Gasteiger partial charge in [0.1, 0.15) is 5.75 Å². The minimum atomic E-state index is -0.676. The van der Waals surface area contributed by atoms with Gasteiger partial charge in [-0.3, -0.25) is 4.79 Å². The Hall–Kier alpha value is -2.39. The molecule has 25 heavy (non-hydrogen) atoms. The summed E-state index contributed by atoms with van der Waals surface area (Å²) in [5, 5.41) is 0. The lowest BCUT2D eigenvalue weighted by atomic mass is 9.98. The van der Waals surface area contributed by atoms with Gasteiger partial charge in [-0.05, 0) is 38.1 Å². The lowest BCUT2D eigenvalue weighted by Gasteiger charge is -2.19. The van der Waals surface area contributed by atoms with Crippen molar-refractivity contribution >= 4 is 21.7 Å². The van der Waals surface area contributed by atoms with E-state index in [1.54, 1.807) is 0 Å². The fourth-order valence-corrected chi connectivity index (χ4v) is 2.80. The molecule has 0 saturated heterocycles. The number of halogens is 1. The van der Waals surface area contributed by atoms with Gasteiger partial charge in [-0.25, -0.2) is 0 Å². The Morgan fingerprint density at radius 1 is 0.800 bits per heavy atom. The van der Waals surface area contributed by atoms with Crippen LogP contribution in [0.4, 0.5) is 0 Å². The summed E-state index contributed by atoms with van der Waals surface area (Å²) in [6.45, 7) is 4.03. The molecule has 0 bridgehead atoms. The number of carbonyl (C=O) groups excluding carboxylic acids is 1. The van der Waals surface area contributed by atoms with Crippen molar-refractivity contribution in [2.24, 2.45) is 0 Å². The van der Waals surface area contributed by atoms with E-state index in [4.69, 9.17) is 4.74 Å². The summed E-state index contributed by atoms with van der Waals surface area (Å²) in [5.74, 6) is 0.612. The molecule has 2 nitrogen and oxygen atoms in total. The summed E-state index contributed by atoms with van der Waals surface area (Å²) in [6.07, 6.45) is -0.676. The number of benzene rings is 3. The molecule has 0 spiro atoms. The third kappa shape index (κ3) is 4.37. The first kappa shape index (κ1) is 17.4. The summed E-state index contributed by atoms with van der Waals surface area (Å²) in [5.41, 5.74) is 3.76. The molecular formula is C22H19BrO2. The van der Waals surface area contributed by atoms with E-state index in [0.717, 1.165) is 21.2 Å². The van der Waals surface area contributed by atoms with E-state index in [0.29, 0.717) is 11.3 Å². The number of hydrogen-bond acceptors (Lipinski definition) is 2. The topological polar surface area (TPSA) is 26.3 Å². The second-order valence-corrected chi connectivity index (χ2v) is 7.01. The van der Waals surface area contributed by atoms with E-state index in [2.05, 4.69) is 15.9 Å². The zero-order valence-electron chi connectivity index (χ0n) is 14.2. The van der Waals surface area contributed by atoms with Gasteiger partial charge < -0.3 is 4.74 Å². The fraction of sp³-hybridized carbons (Fsp3) is 0.136. The van der Waals surface area contributed by atoms with Crippen molar-refractivity contribution in [3.63, 3.8) is 0 Å². The highest BCUT2D eigenvalue weighted by atomic mass is 79.9. The Labute approximate surface area is 156 Å². The molecule has 1 atom stereocenters. The van der Waals surface area contributed by atoms with Crippen LogP contribution in [0.5, 0.6) is 5.75 Å². The fourth-order valence-electron chi connectivity index (χ4n) is 2.53. The van der Waals surface area contributed by atoms with Gasteiger partial charge in [-0.1, -0.05) is 75.6 Å². The first-order chi connectivity index (χ1) is 12.0. The van der Waals surface area contributed by atoms with Crippen LogP contribution in [0, 0.1) is 13.8 Å². The Bertz CT molecular complexity index is 850. The minimum Gasteiger partial charge on any atom is -0.478 e. The number of aryl methyl sites for hydroxylation is 2. The molecule has 3 aromatic rings. The van der Waals surface area contributed by atoms with E-state index in [-0.39, 0.29) is 5.78 Å². The molecule has 0 N–H and O–H groups in total. The second-order valence-electron chi connectivity index (χ2n) is 6.09. The first-order valence-corrected chi connectivity index (χ1v) is 8.92. The van der Waals surface area contributed by atoms with E-state index >= 15 is 0 Å². The quantitative estimate of drug-likeness (QED) is 0.490. The molecule has 0 heterocycles. The molecule has 0 unspecified atom stereocenters. The van der Waals surface area contributed by atoms with Gasteiger partial charge in [-0.15, -0.1) is 0 Å². The smallest absolute Gasteiger partial charge is 0.207 e. The molecule has 0 aliphatic rings. The maximum atomic E-state index is 13.1. The SMILES string of the molecule is Cc1ccc(C(=O)[C@@H](Oc2ccc(Br)cc2)c2ccc(C)cc2)cc1. The molecule has 0 radical (unpaired) electrons. The van der Waals surface area contributed by atoms with Crippen LogP contribution in [-0.2, 0) is 0 Å². The number of rotatable bonds is 5. The number of hydrogen-bond donors (Lipinski definition) is 0. The third-order valence-corrected chi connectivity index (χ3v) is 4.55. The first-order valence-electron chi connectivity index (χ1n) is 8.12. The van der Waals surface area contributed by atoms with Crippen LogP contribution in [0.25, 0.3) is 0 Å². The lowest BCUT2D eigenvalue weighted by Crippen LogP contribution is -2.19. The van der Waals surface area contributed by atoms with E-state index in [1.165, 1.54) is 0 Å². The standard InChI is InChI=1S/C22H19BrO2/c1-15-3-7-17(8-4-15)21(24)22(18-9-5-16(2)6-10-18)25-20-13-11-19(23)12-14-20/h3-14,22H,1-2H3/t22-/m0/s1. The van der Waals surface area contributed by atoms with Gasteiger partial charge in [0.25, 0.3) is 0 Å². The zero-order valence-corrected chi connectivity index (χ0v) is 15.8. The number of ketones is 1. The predicted octanol–water partition coefficient (Wildman–Crippen LogP) is 6.07. The van der Waals surface area contributed by atoms with Crippen LogP contribution >= 0.6 is 15.9 Å². The molecule has 0 aromatic heterocycles. The maximum absolute atomic E-state index is 13.1. The molecule has 3 heteroatoms. The van der Waals surface area contributed by atoms with Gasteiger partial charge in [0.05, 0.1) is 0 Å². The molecule has 3 rings (SSSR count). The normalized spacial score (nSPS) is 11.8. The van der Waals surface area contributed by atoms with E-state index in [9.17, 15) is 4.79 Å². The highest BCUT2D eigenvalue weighted by molar-refractivity contribution is 9.10. The van der Waals surface area contributed by atoms with E-state index in [1.807, 2.05) is 86.6 Å². The van der Waals surface area contributed by atoms with Gasteiger partial charge >= 0.3 is 0 Å². The van der Waals surface area contributed by atoms with Crippen molar-refractivity contribution in [2.45, 2.75) is 20.0 Å². The van der Waals surface area contributed by atoms with Crippen molar-refractivity contribution in [3.05, 3.63) is 99.5 Å². The predicted molar refractivity (Wildman–Crippen MR) is 104 cm³/mol. The molecule has 0 amide bonds. The van der Waals surface area contributed by atoms with Crippen molar-refractivity contribution < 1.29 is 9.53 Å². The zero-order chi connectivity index (χ0) is 17.8. The third-order valence-electron chi connectivity index (χ3n) is 4.02.